The molecule has 0 saturated heterocycles. The summed E-state index contributed by atoms with van der Waals surface area (Å²) in [5.74, 6) is -6.71. The second-order valence-electron chi connectivity index (χ2n) is 7.26. The molecule has 1 atom stereocenters. The van der Waals surface area contributed by atoms with Gasteiger partial charge in [0.2, 0.25) is 0 Å². The van der Waals surface area contributed by atoms with Gasteiger partial charge >= 0.3 is 5.97 Å². The first-order valence-corrected chi connectivity index (χ1v) is 11.3. The number of amides is 1. The van der Waals surface area contributed by atoms with Gasteiger partial charge in [-0.3, -0.25) is 9.52 Å². The third-order valence-corrected chi connectivity index (χ3v) is 6.05. The highest BCUT2D eigenvalue weighted by molar-refractivity contribution is 7.92. The fraction of sp³-hybridized carbons (Fsp3) is 0.130. The zero-order valence-electron chi connectivity index (χ0n) is 17.9. The molecule has 0 heterocycles. The summed E-state index contributed by atoms with van der Waals surface area (Å²) in [4.78, 5) is 24.4. The Bertz CT molecular complexity index is 1330. The molecule has 178 valence electrons. The maximum atomic E-state index is 13.7. The monoisotopic (exact) mass is 492 g/mol. The van der Waals surface area contributed by atoms with E-state index in [-0.39, 0.29) is 10.5 Å². The fourth-order valence-corrected chi connectivity index (χ4v) is 3.80. The van der Waals surface area contributed by atoms with Crippen LogP contribution in [0.5, 0.6) is 0 Å². The van der Waals surface area contributed by atoms with Crippen molar-refractivity contribution in [3.05, 3.63) is 89.2 Å². The van der Waals surface area contributed by atoms with Crippen LogP contribution in [-0.2, 0) is 19.6 Å². The van der Waals surface area contributed by atoms with Crippen molar-refractivity contribution in [2.24, 2.45) is 0 Å². The summed E-state index contributed by atoms with van der Waals surface area (Å²) >= 11 is 0. The second-order valence-corrected chi connectivity index (χ2v) is 8.94. The number of carbonyl (C=O) groups is 2. The fourth-order valence-electron chi connectivity index (χ4n) is 2.74. The van der Waals surface area contributed by atoms with E-state index in [0.29, 0.717) is 11.8 Å². The quantitative estimate of drug-likeness (QED) is 0.376. The average Bonchev–Trinajstić information content (AvgIpc) is 2.80. The van der Waals surface area contributed by atoms with E-state index in [1.165, 1.54) is 31.2 Å². The number of hydrogen-bond acceptors (Lipinski definition) is 5. The van der Waals surface area contributed by atoms with Crippen molar-refractivity contribution in [2.75, 3.05) is 10.0 Å². The first-order valence-electron chi connectivity index (χ1n) is 9.83. The SMILES string of the molecule is Cc1ccc(NS(=O)(=O)c2ccc(C(=O)OC(C)C(=O)Nc3ccc(F)c(F)c3F)cc2)cc1. The Labute approximate surface area is 193 Å². The molecule has 0 aliphatic heterocycles. The Morgan fingerprint density at radius 3 is 2.12 bits per heavy atom. The van der Waals surface area contributed by atoms with Gasteiger partial charge in [0.05, 0.1) is 16.1 Å². The van der Waals surface area contributed by atoms with Gasteiger partial charge in [-0.2, -0.15) is 0 Å². The Morgan fingerprint density at radius 1 is 0.882 bits per heavy atom. The summed E-state index contributed by atoms with van der Waals surface area (Å²) in [6.07, 6.45) is -1.42. The van der Waals surface area contributed by atoms with Gasteiger partial charge in [-0.05, 0) is 62.4 Å². The molecule has 1 amide bonds. The molecule has 0 radical (unpaired) electrons. The van der Waals surface area contributed by atoms with E-state index in [4.69, 9.17) is 4.74 Å². The van der Waals surface area contributed by atoms with Crippen LogP contribution in [0.4, 0.5) is 24.5 Å². The Kier molecular flexibility index (Phi) is 7.26. The molecular formula is C23H19F3N2O5S. The Morgan fingerprint density at radius 2 is 1.50 bits per heavy atom. The van der Waals surface area contributed by atoms with Gasteiger partial charge in [0.25, 0.3) is 15.9 Å². The normalized spacial score (nSPS) is 12.0. The maximum absolute atomic E-state index is 13.7. The maximum Gasteiger partial charge on any atom is 0.338 e. The number of ether oxygens (including phenoxy) is 1. The molecule has 0 aliphatic carbocycles. The van der Waals surface area contributed by atoms with Crippen LogP contribution in [0.25, 0.3) is 0 Å². The van der Waals surface area contributed by atoms with E-state index in [1.54, 1.807) is 24.3 Å². The summed E-state index contributed by atoms with van der Waals surface area (Å²) in [6, 6.07) is 12.9. The first-order chi connectivity index (χ1) is 16.0. The standard InChI is InChI=1S/C23H19F3N2O5S/c1-13-3-7-16(8-4-13)28-34(31,32)17-9-5-15(6-10-17)23(30)33-14(2)22(29)27-19-12-11-18(24)20(25)21(19)26/h3-12,14,28H,1-2H3,(H,27,29). The molecule has 0 saturated carbocycles. The minimum Gasteiger partial charge on any atom is -0.449 e. The van der Waals surface area contributed by atoms with Crippen molar-refractivity contribution < 1.29 is 35.9 Å². The number of benzene rings is 3. The number of sulfonamides is 1. The molecule has 7 nitrogen and oxygen atoms in total. The number of esters is 1. The predicted molar refractivity (Wildman–Crippen MR) is 118 cm³/mol. The zero-order chi connectivity index (χ0) is 25.0. The largest absolute Gasteiger partial charge is 0.449 e. The third kappa shape index (κ3) is 5.73. The molecule has 3 rings (SSSR count). The molecule has 0 bridgehead atoms. The van der Waals surface area contributed by atoms with Gasteiger partial charge in [-0.25, -0.2) is 26.4 Å². The molecule has 0 aliphatic rings. The molecule has 11 heteroatoms. The molecule has 0 spiro atoms. The Hall–Kier alpha value is -3.86. The van der Waals surface area contributed by atoms with E-state index >= 15 is 0 Å². The number of hydrogen-bond donors (Lipinski definition) is 2. The lowest BCUT2D eigenvalue weighted by Crippen LogP contribution is -2.30. The average molecular weight is 492 g/mol. The lowest BCUT2D eigenvalue weighted by atomic mass is 10.2. The summed E-state index contributed by atoms with van der Waals surface area (Å²) in [6.45, 7) is 3.05. The lowest BCUT2D eigenvalue weighted by molar-refractivity contribution is -0.123. The number of nitrogens with one attached hydrogen (secondary N) is 2. The highest BCUT2D eigenvalue weighted by Gasteiger charge is 2.22. The van der Waals surface area contributed by atoms with Gasteiger partial charge in [-0.1, -0.05) is 17.7 Å². The summed E-state index contributed by atoms with van der Waals surface area (Å²) in [5.41, 5.74) is 0.658. The third-order valence-electron chi connectivity index (χ3n) is 4.65. The van der Waals surface area contributed by atoms with Crippen LogP contribution >= 0.6 is 0 Å². The van der Waals surface area contributed by atoms with Gasteiger partial charge in [-0.15, -0.1) is 0 Å². The summed E-state index contributed by atoms with van der Waals surface area (Å²) in [5, 5.41) is 2.01. The number of rotatable bonds is 7. The van der Waals surface area contributed by atoms with E-state index in [2.05, 4.69) is 4.72 Å². The van der Waals surface area contributed by atoms with E-state index in [1.807, 2.05) is 12.2 Å². The van der Waals surface area contributed by atoms with E-state index < -0.39 is 51.1 Å². The van der Waals surface area contributed by atoms with Crippen LogP contribution < -0.4 is 10.0 Å². The minimum atomic E-state index is -3.91. The molecule has 0 fully saturated rings. The summed E-state index contributed by atoms with van der Waals surface area (Å²) < 4.78 is 72.5. The van der Waals surface area contributed by atoms with Gasteiger partial charge in [0, 0.05) is 5.69 Å². The molecule has 1 unspecified atom stereocenters. The minimum absolute atomic E-state index is 0.0482. The van der Waals surface area contributed by atoms with Gasteiger partial charge < -0.3 is 10.1 Å². The number of anilines is 2. The number of aryl methyl sites for hydroxylation is 1. The molecule has 2 N–H and O–H groups in total. The number of carbonyl (C=O) groups excluding carboxylic acids is 2. The number of halogens is 3. The van der Waals surface area contributed by atoms with Crippen molar-refractivity contribution in [2.45, 2.75) is 24.8 Å². The summed E-state index contributed by atoms with van der Waals surface area (Å²) in [7, 11) is -3.91. The van der Waals surface area contributed by atoms with Gasteiger partial charge in [0.1, 0.15) is 0 Å². The van der Waals surface area contributed by atoms with Crippen LogP contribution in [0.15, 0.2) is 65.6 Å². The van der Waals surface area contributed by atoms with Crippen LogP contribution in [-0.4, -0.2) is 26.4 Å². The van der Waals surface area contributed by atoms with Crippen molar-refractivity contribution in [1.82, 2.24) is 0 Å². The van der Waals surface area contributed by atoms with Crippen LogP contribution in [0.1, 0.15) is 22.8 Å². The zero-order valence-corrected chi connectivity index (χ0v) is 18.8. The molecule has 3 aromatic carbocycles. The smallest absolute Gasteiger partial charge is 0.338 e. The van der Waals surface area contributed by atoms with Crippen molar-refractivity contribution >= 4 is 33.3 Å². The van der Waals surface area contributed by atoms with Crippen molar-refractivity contribution in [3.8, 4) is 0 Å². The van der Waals surface area contributed by atoms with Crippen LogP contribution in [0, 0.1) is 24.4 Å². The van der Waals surface area contributed by atoms with Crippen LogP contribution in [0.3, 0.4) is 0 Å². The predicted octanol–water partition coefficient (Wildman–Crippen LogP) is 4.40. The van der Waals surface area contributed by atoms with Crippen molar-refractivity contribution in [3.63, 3.8) is 0 Å². The van der Waals surface area contributed by atoms with Crippen LogP contribution in [0.2, 0.25) is 0 Å². The van der Waals surface area contributed by atoms with E-state index in [0.717, 1.165) is 11.6 Å². The lowest BCUT2D eigenvalue weighted by Gasteiger charge is -2.14. The Balaban J connectivity index is 1.64. The second kappa shape index (κ2) is 9.96. The molecular weight excluding hydrogens is 473 g/mol. The van der Waals surface area contributed by atoms with Crippen molar-refractivity contribution in [1.29, 1.82) is 0 Å². The molecule has 0 aromatic heterocycles. The van der Waals surface area contributed by atoms with Gasteiger partial charge in [0.15, 0.2) is 23.6 Å². The molecule has 3 aromatic rings. The topological polar surface area (TPSA) is 102 Å². The van der Waals surface area contributed by atoms with E-state index in [9.17, 15) is 31.2 Å². The first kappa shape index (κ1) is 24.8. The highest BCUT2D eigenvalue weighted by Crippen LogP contribution is 2.21. The molecule has 34 heavy (non-hydrogen) atoms. The highest BCUT2D eigenvalue weighted by atomic mass is 32.2.